The lowest BCUT2D eigenvalue weighted by Gasteiger charge is -2.23. The van der Waals surface area contributed by atoms with Gasteiger partial charge >= 0.3 is 5.97 Å². The highest BCUT2D eigenvalue weighted by molar-refractivity contribution is 5.82. The van der Waals surface area contributed by atoms with Gasteiger partial charge in [-0.1, -0.05) is 26.3 Å². The van der Waals surface area contributed by atoms with Crippen LogP contribution in [-0.4, -0.2) is 13.1 Å². The second-order valence-corrected chi connectivity index (χ2v) is 3.59. The number of hydrogen-bond donors (Lipinski definition) is 0. The number of hydrogen-bond acceptors (Lipinski definition) is 2. The fourth-order valence-corrected chi connectivity index (χ4v) is 0.710. The molecule has 0 aliphatic carbocycles. The van der Waals surface area contributed by atoms with Gasteiger partial charge in [-0.25, -0.2) is 4.79 Å². The Balaban J connectivity index is 4.46. The Bertz CT molecular complexity index is 190. The number of ether oxygens (including phenoxy) is 1. The molecule has 0 aromatic heterocycles. The standard InChI is InChI=1S/C10H18O2/c1-6-10(3,4)8(2)7-9(11)12-5/h7H,6H2,1-5H3/b8-7+. The summed E-state index contributed by atoms with van der Waals surface area (Å²) in [6.07, 6.45) is 2.58. The van der Waals surface area contributed by atoms with Gasteiger partial charge in [-0.3, -0.25) is 0 Å². The van der Waals surface area contributed by atoms with Gasteiger partial charge in [-0.05, 0) is 18.8 Å². The van der Waals surface area contributed by atoms with Gasteiger partial charge in [-0.2, -0.15) is 0 Å². The van der Waals surface area contributed by atoms with Crippen LogP contribution in [0.5, 0.6) is 0 Å². The van der Waals surface area contributed by atoms with E-state index >= 15 is 0 Å². The summed E-state index contributed by atoms with van der Waals surface area (Å²) in [7, 11) is 1.39. The Kier molecular flexibility index (Phi) is 4.01. The summed E-state index contributed by atoms with van der Waals surface area (Å²) in [5.41, 5.74) is 1.16. The molecule has 0 amide bonds. The molecule has 2 nitrogen and oxygen atoms in total. The maximum atomic E-state index is 10.9. The lowest BCUT2D eigenvalue weighted by molar-refractivity contribution is -0.134. The van der Waals surface area contributed by atoms with Crippen molar-refractivity contribution >= 4 is 5.97 Å². The molecular weight excluding hydrogens is 152 g/mol. The number of rotatable bonds is 3. The third-order valence-corrected chi connectivity index (χ3v) is 2.49. The molecule has 2 heteroatoms. The summed E-state index contributed by atoms with van der Waals surface area (Å²) >= 11 is 0. The molecule has 0 spiro atoms. The molecule has 0 saturated heterocycles. The first-order valence-electron chi connectivity index (χ1n) is 4.20. The molecule has 0 aliphatic heterocycles. The smallest absolute Gasteiger partial charge is 0.330 e. The monoisotopic (exact) mass is 170 g/mol. The van der Waals surface area contributed by atoms with Crippen LogP contribution in [0.3, 0.4) is 0 Å². The van der Waals surface area contributed by atoms with Crippen molar-refractivity contribution in [3.05, 3.63) is 11.6 Å². The first-order chi connectivity index (χ1) is 5.44. The Morgan fingerprint density at radius 2 is 2.00 bits per heavy atom. The van der Waals surface area contributed by atoms with Crippen molar-refractivity contribution in [3.8, 4) is 0 Å². The van der Waals surface area contributed by atoms with E-state index in [2.05, 4.69) is 25.5 Å². The molecule has 0 radical (unpaired) electrons. The van der Waals surface area contributed by atoms with E-state index in [1.807, 2.05) is 6.92 Å². The number of methoxy groups -OCH3 is 1. The molecule has 0 aliphatic rings. The van der Waals surface area contributed by atoms with E-state index in [0.29, 0.717) is 0 Å². The fourth-order valence-electron chi connectivity index (χ4n) is 0.710. The van der Waals surface area contributed by atoms with Gasteiger partial charge < -0.3 is 4.74 Å². The van der Waals surface area contributed by atoms with Crippen LogP contribution in [0.4, 0.5) is 0 Å². The molecule has 0 saturated carbocycles. The van der Waals surface area contributed by atoms with Crippen molar-refractivity contribution in [2.75, 3.05) is 7.11 Å². The molecule has 70 valence electrons. The van der Waals surface area contributed by atoms with Crippen LogP contribution in [0.1, 0.15) is 34.1 Å². The lowest BCUT2D eigenvalue weighted by atomic mass is 9.82. The van der Waals surface area contributed by atoms with Gasteiger partial charge in [-0.15, -0.1) is 0 Å². The van der Waals surface area contributed by atoms with Crippen molar-refractivity contribution in [1.29, 1.82) is 0 Å². The van der Waals surface area contributed by atoms with Gasteiger partial charge in [0.15, 0.2) is 0 Å². The number of allylic oxidation sites excluding steroid dienone is 1. The van der Waals surface area contributed by atoms with Gasteiger partial charge in [0.2, 0.25) is 0 Å². The van der Waals surface area contributed by atoms with E-state index in [-0.39, 0.29) is 11.4 Å². The number of carbonyl (C=O) groups is 1. The molecule has 0 N–H and O–H groups in total. The second-order valence-electron chi connectivity index (χ2n) is 3.59. The van der Waals surface area contributed by atoms with Gasteiger partial charge in [0.25, 0.3) is 0 Å². The van der Waals surface area contributed by atoms with Crippen LogP contribution < -0.4 is 0 Å². The van der Waals surface area contributed by atoms with E-state index < -0.39 is 0 Å². The van der Waals surface area contributed by atoms with Crippen LogP contribution in [0, 0.1) is 5.41 Å². The largest absolute Gasteiger partial charge is 0.466 e. The van der Waals surface area contributed by atoms with E-state index in [1.54, 1.807) is 6.08 Å². The molecule has 0 unspecified atom stereocenters. The topological polar surface area (TPSA) is 26.3 Å². The molecule has 0 fully saturated rings. The van der Waals surface area contributed by atoms with E-state index in [4.69, 9.17) is 0 Å². The second kappa shape index (κ2) is 4.29. The first kappa shape index (κ1) is 11.2. The third-order valence-electron chi connectivity index (χ3n) is 2.49. The molecule has 0 bridgehead atoms. The Morgan fingerprint density at radius 1 is 1.50 bits per heavy atom. The minimum absolute atomic E-state index is 0.0915. The van der Waals surface area contributed by atoms with Gasteiger partial charge in [0.05, 0.1) is 7.11 Å². The quantitative estimate of drug-likeness (QED) is 0.480. The SMILES string of the molecule is CCC(C)(C)/C(C)=C/C(=O)OC. The van der Waals surface area contributed by atoms with Crippen LogP contribution in [0.15, 0.2) is 11.6 Å². The maximum Gasteiger partial charge on any atom is 0.330 e. The summed E-state index contributed by atoms with van der Waals surface area (Å²) in [6, 6.07) is 0. The molecule has 0 heterocycles. The fraction of sp³-hybridized carbons (Fsp3) is 0.700. The first-order valence-corrected chi connectivity index (χ1v) is 4.20. The molecule has 0 aromatic rings. The Labute approximate surface area is 74.6 Å². The zero-order valence-electron chi connectivity index (χ0n) is 8.60. The van der Waals surface area contributed by atoms with Gasteiger partial charge in [0.1, 0.15) is 0 Å². The van der Waals surface area contributed by atoms with Crippen molar-refractivity contribution in [3.63, 3.8) is 0 Å². The normalized spacial score (nSPS) is 12.9. The Morgan fingerprint density at radius 3 is 2.33 bits per heavy atom. The summed E-state index contributed by atoms with van der Waals surface area (Å²) < 4.78 is 4.55. The molecule has 0 aromatic carbocycles. The zero-order chi connectivity index (χ0) is 9.78. The number of esters is 1. The predicted molar refractivity (Wildman–Crippen MR) is 49.8 cm³/mol. The van der Waals surface area contributed by atoms with Crippen LogP contribution in [-0.2, 0) is 9.53 Å². The summed E-state index contributed by atoms with van der Waals surface area (Å²) in [5, 5.41) is 0. The molecule has 0 atom stereocenters. The highest BCUT2D eigenvalue weighted by Gasteiger charge is 2.17. The van der Waals surface area contributed by atoms with Crippen molar-refractivity contribution in [2.24, 2.45) is 5.41 Å². The van der Waals surface area contributed by atoms with E-state index in [9.17, 15) is 4.79 Å². The summed E-state index contributed by atoms with van der Waals surface area (Å²) in [6.45, 7) is 8.29. The van der Waals surface area contributed by atoms with Crippen molar-refractivity contribution in [1.82, 2.24) is 0 Å². The van der Waals surface area contributed by atoms with Crippen molar-refractivity contribution < 1.29 is 9.53 Å². The molecule has 12 heavy (non-hydrogen) atoms. The highest BCUT2D eigenvalue weighted by Crippen LogP contribution is 2.29. The maximum absolute atomic E-state index is 10.9. The molecular formula is C10H18O2. The predicted octanol–water partition coefficient (Wildman–Crippen LogP) is 2.54. The van der Waals surface area contributed by atoms with Crippen LogP contribution in [0.25, 0.3) is 0 Å². The van der Waals surface area contributed by atoms with Crippen LogP contribution in [0.2, 0.25) is 0 Å². The van der Waals surface area contributed by atoms with Crippen molar-refractivity contribution in [2.45, 2.75) is 34.1 Å². The highest BCUT2D eigenvalue weighted by atomic mass is 16.5. The average molecular weight is 170 g/mol. The van der Waals surface area contributed by atoms with Crippen LogP contribution >= 0.6 is 0 Å². The summed E-state index contributed by atoms with van der Waals surface area (Å²) in [4.78, 5) is 10.9. The number of carbonyl (C=O) groups excluding carboxylic acids is 1. The minimum Gasteiger partial charge on any atom is -0.466 e. The average Bonchev–Trinajstić information content (AvgIpc) is 2.04. The van der Waals surface area contributed by atoms with E-state index in [1.165, 1.54) is 7.11 Å². The zero-order valence-corrected chi connectivity index (χ0v) is 8.60. The van der Waals surface area contributed by atoms with E-state index in [0.717, 1.165) is 12.0 Å². The van der Waals surface area contributed by atoms with Gasteiger partial charge in [0, 0.05) is 6.08 Å². The minimum atomic E-state index is -0.269. The Hall–Kier alpha value is -0.790. The third kappa shape index (κ3) is 3.07. The summed E-state index contributed by atoms with van der Waals surface area (Å²) in [5.74, 6) is -0.269. The molecule has 0 rings (SSSR count). The lowest BCUT2D eigenvalue weighted by Crippen LogP contribution is -2.12.